The summed E-state index contributed by atoms with van der Waals surface area (Å²) in [5.41, 5.74) is 1.75. The van der Waals surface area contributed by atoms with Gasteiger partial charge in [-0.05, 0) is 61.9 Å². The number of carbonyl (C=O) groups excluding carboxylic acids is 1. The molecule has 0 bridgehead atoms. The summed E-state index contributed by atoms with van der Waals surface area (Å²) in [5.74, 6) is -0.0111. The Hall–Kier alpha value is -1.70. The standard InChI is InChI=1S/C19H24N2O3S2/c1-14(2)21(13-17-7-5-11-25-17)26(23,24)18-8-9-19-16(12-18)6-4-10-20(19)15(3)22/h5,7-9,11-12,14H,4,6,10,13H2,1-3H3. The number of hydrogen-bond donors (Lipinski definition) is 0. The average Bonchev–Trinajstić information content (AvgIpc) is 3.11. The molecule has 0 spiro atoms. The molecule has 2 heterocycles. The van der Waals surface area contributed by atoms with Gasteiger partial charge in [0, 0.05) is 36.6 Å². The van der Waals surface area contributed by atoms with Crippen LogP contribution < -0.4 is 4.90 Å². The van der Waals surface area contributed by atoms with Crippen molar-refractivity contribution in [1.29, 1.82) is 0 Å². The Bertz CT molecular complexity index is 890. The highest BCUT2D eigenvalue weighted by atomic mass is 32.2. The Kier molecular flexibility index (Phi) is 5.50. The Morgan fingerprint density at radius 1 is 1.31 bits per heavy atom. The smallest absolute Gasteiger partial charge is 0.243 e. The molecule has 140 valence electrons. The quantitative estimate of drug-likeness (QED) is 0.780. The molecule has 0 fully saturated rings. The van der Waals surface area contributed by atoms with Crippen LogP contribution in [-0.2, 0) is 27.8 Å². The first-order valence-corrected chi connectivity index (χ1v) is 11.1. The molecule has 1 aromatic heterocycles. The van der Waals surface area contributed by atoms with Crippen LogP contribution in [0, 0.1) is 0 Å². The Morgan fingerprint density at radius 2 is 2.08 bits per heavy atom. The van der Waals surface area contributed by atoms with E-state index in [1.807, 2.05) is 31.4 Å². The molecule has 0 N–H and O–H groups in total. The molecule has 26 heavy (non-hydrogen) atoms. The maximum Gasteiger partial charge on any atom is 0.243 e. The van der Waals surface area contributed by atoms with Crippen LogP contribution in [0.2, 0.25) is 0 Å². The van der Waals surface area contributed by atoms with Crippen LogP contribution in [0.15, 0.2) is 40.6 Å². The van der Waals surface area contributed by atoms with Gasteiger partial charge in [-0.25, -0.2) is 8.42 Å². The van der Waals surface area contributed by atoms with Crippen molar-refractivity contribution in [2.45, 2.75) is 51.1 Å². The second-order valence-corrected chi connectivity index (χ2v) is 9.71. The van der Waals surface area contributed by atoms with E-state index >= 15 is 0 Å². The number of benzene rings is 1. The molecule has 0 radical (unpaired) electrons. The molecule has 1 aliphatic heterocycles. The summed E-state index contributed by atoms with van der Waals surface area (Å²) in [6.45, 7) is 6.38. The minimum absolute atomic E-state index is 0.0111. The minimum atomic E-state index is -3.61. The lowest BCUT2D eigenvalue weighted by atomic mass is 10.0. The van der Waals surface area contributed by atoms with Crippen molar-refractivity contribution < 1.29 is 13.2 Å². The van der Waals surface area contributed by atoms with E-state index in [1.165, 1.54) is 4.31 Å². The number of hydrogen-bond acceptors (Lipinski definition) is 4. The van der Waals surface area contributed by atoms with Gasteiger partial charge >= 0.3 is 0 Å². The molecule has 0 atom stereocenters. The number of thiophene rings is 1. The molecule has 0 saturated heterocycles. The maximum absolute atomic E-state index is 13.3. The summed E-state index contributed by atoms with van der Waals surface area (Å²) >= 11 is 1.56. The number of fused-ring (bicyclic) bond motifs is 1. The van der Waals surface area contributed by atoms with Gasteiger partial charge in [-0.15, -0.1) is 11.3 Å². The van der Waals surface area contributed by atoms with Gasteiger partial charge in [0.15, 0.2) is 0 Å². The zero-order valence-corrected chi connectivity index (χ0v) is 16.9. The van der Waals surface area contributed by atoms with Crippen LogP contribution in [-0.4, -0.2) is 31.2 Å². The third-order valence-corrected chi connectivity index (χ3v) is 7.50. The zero-order valence-electron chi connectivity index (χ0n) is 15.3. The molecule has 1 amide bonds. The molecule has 5 nitrogen and oxygen atoms in total. The Balaban J connectivity index is 1.97. The van der Waals surface area contributed by atoms with Crippen LogP contribution in [0.1, 0.15) is 37.6 Å². The van der Waals surface area contributed by atoms with E-state index in [0.29, 0.717) is 18.0 Å². The van der Waals surface area contributed by atoms with Gasteiger partial charge in [-0.1, -0.05) is 6.07 Å². The minimum Gasteiger partial charge on any atom is -0.312 e. The third kappa shape index (κ3) is 3.70. The summed E-state index contributed by atoms with van der Waals surface area (Å²) in [4.78, 5) is 14.9. The summed E-state index contributed by atoms with van der Waals surface area (Å²) in [6, 6.07) is 8.87. The number of amides is 1. The first-order valence-electron chi connectivity index (χ1n) is 8.76. The molecule has 0 saturated carbocycles. The number of anilines is 1. The molecular weight excluding hydrogens is 368 g/mol. The van der Waals surface area contributed by atoms with Crippen LogP contribution >= 0.6 is 11.3 Å². The van der Waals surface area contributed by atoms with E-state index in [4.69, 9.17) is 0 Å². The lowest BCUT2D eigenvalue weighted by Crippen LogP contribution is -2.37. The van der Waals surface area contributed by atoms with Gasteiger partial charge in [0.25, 0.3) is 0 Å². The fraction of sp³-hybridized carbons (Fsp3) is 0.421. The second kappa shape index (κ2) is 7.50. The molecule has 1 aliphatic rings. The highest BCUT2D eigenvalue weighted by Crippen LogP contribution is 2.31. The van der Waals surface area contributed by atoms with Crippen molar-refractivity contribution in [1.82, 2.24) is 4.31 Å². The van der Waals surface area contributed by atoms with Crippen LogP contribution in [0.3, 0.4) is 0 Å². The number of rotatable bonds is 5. The van der Waals surface area contributed by atoms with E-state index in [2.05, 4.69) is 0 Å². The van der Waals surface area contributed by atoms with E-state index in [9.17, 15) is 13.2 Å². The molecule has 0 unspecified atom stereocenters. The number of aryl methyl sites for hydroxylation is 1. The van der Waals surface area contributed by atoms with Crippen molar-refractivity contribution in [3.8, 4) is 0 Å². The molecular formula is C19H24N2O3S2. The fourth-order valence-corrected chi connectivity index (χ4v) is 5.75. The average molecular weight is 393 g/mol. The molecule has 0 aliphatic carbocycles. The first kappa shape index (κ1) is 19.1. The molecule has 3 rings (SSSR count). The van der Waals surface area contributed by atoms with Crippen molar-refractivity contribution in [2.75, 3.05) is 11.4 Å². The monoisotopic (exact) mass is 392 g/mol. The van der Waals surface area contributed by atoms with Crippen molar-refractivity contribution in [3.05, 3.63) is 46.2 Å². The van der Waals surface area contributed by atoms with Crippen molar-refractivity contribution in [2.24, 2.45) is 0 Å². The SMILES string of the molecule is CC(=O)N1CCCc2cc(S(=O)(=O)N(Cc3cccs3)C(C)C)ccc21. The topological polar surface area (TPSA) is 57.7 Å². The van der Waals surface area contributed by atoms with Crippen LogP contribution in [0.25, 0.3) is 0 Å². The van der Waals surface area contributed by atoms with E-state index in [0.717, 1.165) is 29.0 Å². The first-order chi connectivity index (χ1) is 12.3. The normalized spacial score (nSPS) is 14.7. The van der Waals surface area contributed by atoms with Gasteiger partial charge in [0.1, 0.15) is 0 Å². The fourth-order valence-electron chi connectivity index (χ4n) is 3.30. The predicted molar refractivity (Wildman–Crippen MR) is 105 cm³/mol. The number of nitrogens with zero attached hydrogens (tertiary/aromatic N) is 2. The number of sulfonamides is 1. The highest BCUT2D eigenvalue weighted by Gasteiger charge is 2.29. The Morgan fingerprint density at radius 3 is 2.69 bits per heavy atom. The van der Waals surface area contributed by atoms with Gasteiger partial charge in [-0.3, -0.25) is 4.79 Å². The largest absolute Gasteiger partial charge is 0.312 e. The molecule has 1 aromatic carbocycles. The summed E-state index contributed by atoms with van der Waals surface area (Å²) in [7, 11) is -3.61. The zero-order chi connectivity index (χ0) is 18.9. The Labute approximate surface area is 159 Å². The number of carbonyl (C=O) groups is 1. The lowest BCUT2D eigenvalue weighted by molar-refractivity contribution is -0.116. The molecule has 2 aromatic rings. The van der Waals surface area contributed by atoms with Gasteiger partial charge in [0.05, 0.1) is 4.90 Å². The second-order valence-electron chi connectivity index (χ2n) is 6.79. The van der Waals surface area contributed by atoms with Gasteiger partial charge in [-0.2, -0.15) is 4.31 Å². The summed E-state index contributed by atoms with van der Waals surface area (Å²) in [5, 5.41) is 1.95. The third-order valence-electron chi connectivity index (χ3n) is 4.62. The van der Waals surface area contributed by atoms with E-state index < -0.39 is 10.0 Å². The summed E-state index contributed by atoms with van der Waals surface area (Å²) in [6.07, 6.45) is 1.63. The summed E-state index contributed by atoms with van der Waals surface area (Å²) < 4.78 is 28.0. The van der Waals surface area contributed by atoms with Gasteiger partial charge < -0.3 is 4.90 Å². The van der Waals surface area contributed by atoms with Crippen LogP contribution in [0.5, 0.6) is 0 Å². The van der Waals surface area contributed by atoms with Crippen molar-refractivity contribution >= 4 is 33.0 Å². The van der Waals surface area contributed by atoms with Crippen molar-refractivity contribution in [3.63, 3.8) is 0 Å². The van der Waals surface area contributed by atoms with E-state index in [1.54, 1.807) is 41.4 Å². The molecule has 7 heteroatoms. The predicted octanol–water partition coefficient (Wildman–Crippen LogP) is 3.65. The highest BCUT2D eigenvalue weighted by molar-refractivity contribution is 7.89. The lowest BCUT2D eigenvalue weighted by Gasteiger charge is -2.30. The van der Waals surface area contributed by atoms with Crippen LogP contribution in [0.4, 0.5) is 5.69 Å². The van der Waals surface area contributed by atoms with E-state index in [-0.39, 0.29) is 11.9 Å². The maximum atomic E-state index is 13.3. The van der Waals surface area contributed by atoms with Gasteiger partial charge in [0.2, 0.25) is 15.9 Å².